The lowest BCUT2D eigenvalue weighted by Crippen LogP contribution is -2.35. The van der Waals surface area contributed by atoms with Crippen LogP contribution in [0.2, 0.25) is 0 Å². The van der Waals surface area contributed by atoms with E-state index in [0.29, 0.717) is 6.67 Å². The molecule has 0 saturated heterocycles. The molecule has 0 N–H and O–H groups in total. The van der Waals surface area contributed by atoms with Gasteiger partial charge in [0.1, 0.15) is 13.0 Å². The van der Waals surface area contributed by atoms with Crippen LogP contribution in [0, 0.1) is 6.92 Å². The zero-order chi connectivity index (χ0) is 13.8. The second kappa shape index (κ2) is 6.19. The van der Waals surface area contributed by atoms with Crippen LogP contribution in [0.5, 0.6) is 0 Å². The summed E-state index contributed by atoms with van der Waals surface area (Å²) in [7, 11) is 0. The first kappa shape index (κ1) is 14.1. The van der Waals surface area contributed by atoms with Crippen molar-refractivity contribution in [3.8, 4) is 0 Å². The monoisotopic (exact) mass is 322 g/mol. The molecule has 0 saturated carbocycles. The van der Waals surface area contributed by atoms with Crippen LogP contribution in [0.3, 0.4) is 0 Å². The van der Waals surface area contributed by atoms with Crippen LogP contribution in [-0.2, 0) is 0 Å². The first-order valence-electron chi connectivity index (χ1n) is 6.52. The third kappa shape index (κ3) is 2.97. The number of aryl methyl sites for hydroxylation is 1. The Morgan fingerprint density at radius 3 is 2.58 bits per heavy atom. The van der Waals surface area contributed by atoms with Crippen molar-refractivity contribution in [3.05, 3.63) is 28.2 Å². The van der Waals surface area contributed by atoms with E-state index >= 15 is 0 Å². The van der Waals surface area contributed by atoms with Gasteiger partial charge in [-0.05, 0) is 48.3 Å². The average molecular weight is 323 g/mol. The molecule has 1 aromatic carbocycles. The van der Waals surface area contributed by atoms with E-state index in [1.54, 1.807) is 0 Å². The van der Waals surface area contributed by atoms with Gasteiger partial charge in [0.25, 0.3) is 0 Å². The van der Waals surface area contributed by atoms with Gasteiger partial charge in [0.15, 0.2) is 0 Å². The molecular formula is C14H19BrN4. The summed E-state index contributed by atoms with van der Waals surface area (Å²) in [6.07, 6.45) is 1.87. The first-order chi connectivity index (χ1) is 9.17. The third-order valence-electron chi connectivity index (χ3n) is 3.20. The largest absolute Gasteiger partial charge is 0.342 e. The number of halogens is 1. The number of para-hydroxylation sites is 1. The Morgan fingerprint density at radius 1 is 1.32 bits per heavy atom. The number of benzene rings is 1. The highest BCUT2D eigenvalue weighted by molar-refractivity contribution is 9.10. The highest BCUT2D eigenvalue weighted by Gasteiger charge is 2.16. The van der Waals surface area contributed by atoms with Gasteiger partial charge in [0, 0.05) is 17.6 Å². The minimum Gasteiger partial charge on any atom is -0.342 e. The molecular weight excluding hydrogens is 304 g/mol. The minimum atomic E-state index is 0.610. The SMILES string of the molecule is CCN(CC)C1=NCN(c2c(C)cccc2Br)C=N1. The number of hydrogen-bond acceptors (Lipinski definition) is 4. The number of rotatable bonds is 3. The first-order valence-corrected chi connectivity index (χ1v) is 7.32. The van der Waals surface area contributed by atoms with E-state index in [4.69, 9.17) is 0 Å². The van der Waals surface area contributed by atoms with Gasteiger partial charge < -0.3 is 9.80 Å². The maximum absolute atomic E-state index is 4.56. The van der Waals surface area contributed by atoms with Gasteiger partial charge in [-0.1, -0.05) is 12.1 Å². The average Bonchev–Trinajstić information content (AvgIpc) is 2.41. The molecule has 0 bridgehead atoms. The van der Waals surface area contributed by atoms with Gasteiger partial charge >= 0.3 is 0 Å². The molecule has 0 atom stereocenters. The number of hydrogen-bond donors (Lipinski definition) is 0. The number of anilines is 1. The fourth-order valence-electron chi connectivity index (χ4n) is 2.14. The van der Waals surface area contributed by atoms with Crippen LogP contribution < -0.4 is 4.90 Å². The van der Waals surface area contributed by atoms with Crippen LogP contribution in [0.1, 0.15) is 19.4 Å². The van der Waals surface area contributed by atoms with Crippen LogP contribution in [0.4, 0.5) is 5.69 Å². The second-order valence-electron chi connectivity index (χ2n) is 4.39. The fraction of sp³-hybridized carbons (Fsp3) is 0.429. The van der Waals surface area contributed by atoms with Crippen molar-refractivity contribution in [1.29, 1.82) is 0 Å². The van der Waals surface area contributed by atoms with Gasteiger partial charge in [0.05, 0.1) is 5.69 Å². The lowest BCUT2D eigenvalue weighted by Gasteiger charge is -2.27. The number of aliphatic imine (C=N–C) groups is 2. The maximum Gasteiger partial charge on any atom is 0.223 e. The van der Waals surface area contributed by atoms with E-state index in [2.05, 4.69) is 62.6 Å². The van der Waals surface area contributed by atoms with Crippen molar-refractivity contribution in [3.63, 3.8) is 0 Å². The van der Waals surface area contributed by atoms with Crippen molar-refractivity contribution in [2.75, 3.05) is 24.7 Å². The molecule has 0 aromatic heterocycles. The number of nitrogens with zero attached hydrogens (tertiary/aromatic N) is 4. The third-order valence-corrected chi connectivity index (χ3v) is 3.84. The molecule has 0 amide bonds. The molecule has 0 aliphatic carbocycles. The Bertz CT molecular complexity index is 486. The topological polar surface area (TPSA) is 31.2 Å². The fourth-order valence-corrected chi connectivity index (χ4v) is 2.83. The lowest BCUT2D eigenvalue weighted by atomic mass is 10.2. The standard InChI is InChI=1S/C14H19BrN4/c1-4-18(5-2)14-16-9-19(10-17-14)13-11(3)7-6-8-12(13)15/h6-9H,4-5,10H2,1-3H3. The van der Waals surface area contributed by atoms with Crippen LogP contribution >= 0.6 is 15.9 Å². The minimum absolute atomic E-state index is 0.610. The summed E-state index contributed by atoms with van der Waals surface area (Å²) in [5, 5.41) is 0. The summed E-state index contributed by atoms with van der Waals surface area (Å²) in [6.45, 7) is 8.80. The van der Waals surface area contributed by atoms with Crippen molar-refractivity contribution >= 4 is 33.9 Å². The molecule has 1 aliphatic rings. The van der Waals surface area contributed by atoms with Crippen molar-refractivity contribution in [1.82, 2.24) is 4.90 Å². The molecule has 1 heterocycles. The zero-order valence-electron chi connectivity index (χ0n) is 11.6. The smallest absolute Gasteiger partial charge is 0.223 e. The quantitative estimate of drug-likeness (QED) is 0.855. The van der Waals surface area contributed by atoms with E-state index in [-0.39, 0.29) is 0 Å². The Hall–Kier alpha value is -1.36. The Morgan fingerprint density at radius 2 is 2.05 bits per heavy atom. The Labute approximate surface area is 123 Å². The van der Waals surface area contributed by atoms with Gasteiger partial charge in [-0.3, -0.25) is 0 Å². The second-order valence-corrected chi connectivity index (χ2v) is 5.25. The zero-order valence-corrected chi connectivity index (χ0v) is 13.2. The summed E-state index contributed by atoms with van der Waals surface area (Å²) in [6, 6.07) is 6.17. The molecule has 1 aliphatic heterocycles. The maximum atomic E-state index is 4.56. The van der Waals surface area contributed by atoms with E-state index in [1.165, 1.54) is 5.56 Å². The molecule has 0 unspecified atom stereocenters. The predicted molar refractivity (Wildman–Crippen MR) is 85.1 cm³/mol. The van der Waals surface area contributed by atoms with E-state index in [1.807, 2.05) is 18.5 Å². The molecule has 0 spiro atoms. The Kier molecular flexibility index (Phi) is 4.58. The molecule has 5 heteroatoms. The van der Waals surface area contributed by atoms with Crippen molar-refractivity contribution in [2.45, 2.75) is 20.8 Å². The van der Waals surface area contributed by atoms with Crippen molar-refractivity contribution < 1.29 is 0 Å². The summed E-state index contributed by atoms with van der Waals surface area (Å²) < 4.78 is 1.07. The van der Waals surface area contributed by atoms with Gasteiger partial charge in [0.2, 0.25) is 5.96 Å². The van der Waals surface area contributed by atoms with Gasteiger partial charge in [-0.25, -0.2) is 9.98 Å². The summed E-state index contributed by atoms with van der Waals surface area (Å²) >= 11 is 3.59. The molecule has 19 heavy (non-hydrogen) atoms. The van der Waals surface area contributed by atoms with Crippen LogP contribution in [0.25, 0.3) is 0 Å². The molecule has 1 aromatic rings. The van der Waals surface area contributed by atoms with Crippen molar-refractivity contribution in [2.24, 2.45) is 9.98 Å². The predicted octanol–water partition coefficient (Wildman–Crippen LogP) is 3.26. The lowest BCUT2D eigenvalue weighted by molar-refractivity contribution is 0.458. The molecule has 2 rings (SSSR count). The highest BCUT2D eigenvalue weighted by atomic mass is 79.9. The number of guanidine groups is 1. The molecule has 4 nitrogen and oxygen atoms in total. The Balaban J connectivity index is 2.19. The van der Waals surface area contributed by atoms with E-state index in [9.17, 15) is 0 Å². The highest BCUT2D eigenvalue weighted by Crippen LogP contribution is 2.29. The van der Waals surface area contributed by atoms with Crippen LogP contribution in [-0.4, -0.2) is 37.0 Å². The molecule has 0 fully saturated rings. The van der Waals surface area contributed by atoms with E-state index in [0.717, 1.165) is 29.2 Å². The van der Waals surface area contributed by atoms with Gasteiger partial charge in [-0.2, -0.15) is 0 Å². The van der Waals surface area contributed by atoms with Gasteiger partial charge in [-0.15, -0.1) is 0 Å². The summed E-state index contributed by atoms with van der Waals surface area (Å²) in [5.41, 5.74) is 2.34. The summed E-state index contributed by atoms with van der Waals surface area (Å²) in [5.74, 6) is 0.825. The molecule has 102 valence electrons. The van der Waals surface area contributed by atoms with Crippen LogP contribution in [0.15, 0.2) is 32.7 Å². The molecule has 0 radical (unpaired) electrons. The summed E-state index contributed by atoms with van der Waals surface area (Å²) in [4.78, 5) is 13.2. The van der Waals surface area contributed by atoms with E-state index < -0.39 is 0 Å². The normalized spacial score (nSPS) is 14.5.